The van der Waals surface area contributed by atoms with Crippen LogP contribution in [0.4, 0.5) is 5.69 Å². The van der Waals surface area contributed by atoms with Gasteiger partial charge in [0.1, 0.15) is 0 Å². The smallest absolute Gasteiger partial charge is 0.229 e. The van der Waals surface area contributed by atoms with Crippen LogP contribution in [0.25, 0.3) is 0 Å². The van der Waals surface area contributed by atoms with Crippen LogP contribution in [-0.2, 0) is 10.0 Å². The number of benzene rings is 2. The summed E-state index contributed by atoms with van der Waals surface area (Å²) in [5, 5.41) is 0.364. The molecule has 0 saturated carbocycles. The predicted molar refractivity (Wildman–Crippen MR) is 79.8 cm³/mol. The summed E-state index contributed by atoms with van der Waals surface area (Å²) in [6.45, 7) is 0. The summed E-state index contributed by atoms with van der Waals surface area (Å²) in [7, 11) is -3.47. The average molecular weight is 310 g/mol. The lowest BCUT2D eigenvalue weighted by Gasteiger charge is -2.10. The topological polar surface area (TPSA) is 63.2 Å². The quantitative estimate of drug-likeness (QED) is 0.883. The van der Waals surface area contributed by atoms with Gasteiger partial charge in [0.05, 0.1) is 11.9 Å². The van der Waals surface area contributed by atoms with Gasteiger partial charge in [-0.3, -0.25) is 9.52 Å². The van der Waals surface area contributed by atoms with Crippen molar-refractivity contribution in [1.29, 1.82) is 0 Å². The highest BCUT2D eigenvalue weighted by atomic mass is 35.5. The standard InChI is InChI=1S/C14H12ClNO3S/c1-20(18,19)16-13-8-7-11(15)9-12(13)14(17)10-5-3-2-4-6-10/h2-9,16H,1H3. The molecule has 1 N–H and O–H groups in total. The minimum atomic E-state index is -3.47. The van der Waals surface area contributed by atoms with Crippen molar-refractivity contribution in [3.05, 3.63) is 64.7 Å². The Hall–Kier alpha value is -1.85. The molecule has 20 heavy (non-hydrogen) atoms. The highest BCUT2D eigenvalue weighted by Gasteiger charge is 2.16. The number of rotatable bonds is 4. The fourth-order valence-corrected chi connectivity index (χ4v) is 2.49. The first kappa shape index (κ1) is 14.6. The average Bonchev–Trinajstić information content (AvgIpc) is 2.39. The molecule has 0 aliphatic heterocycles. The molecule has 0 saturated heterocycles. The van der Waals surface area contributed by atoms with Gasteiger partial charge in [0.25, 0.3) is 0 Å². The number of ketones is 1. The van der Waals surface area contributed by atoms with Crippen molar-refractivity contribution in [2.75, 3.05) is 11.0 Å². The summed E-state index contributed by atoms with van der Waals surface area (Å²) < 4.78 is 25.0. The van der Waals surface area contributed by atoms with Gasteiger partial charge in [-0.05, 0) is 18.2 Å². The van der Waals surface area contributed by atoms with Crippen molar-refractivity contribution in [3.8, 4) is 0 Å². The molecule has 0 radical (unpaired) electrons. The third kappa shape index (κ3) is 3.59. The molecule has 0 amide bonds. The zero-order chi connectivity index (χ0) is 14.8. The summed E-state index contributed by atoms with van der Waals surface area (Å²) in [5.41, 5.74) is 0.895. The largest absolute Gasteiger partial charge is 0.289 e. The molecule has 6 heteroatoms. The van der Waals surface area contributed by atoms with E-state index in [1.165, 1.54) is 18.2 Å². The van der Waals surface area contributed by atoms with Crippen LogP contribution in [0.1, 0.15) is 15.9 Å². The predicted octanol–water partition coefficient (Wildman–Crippen LogP) is 2.94. The van der Waals surface area contributed by atoms with Crippen molar-refractivity contribution >= 4 is 33.1 Å². The lowest BCUT2D eigenvalue weighted by Crippen LogP contribution is -2.13. The van der Waals surface area contributed by atoms with Crippen LogP contribution in [0, 0.1) is 0 Å². The Morgan fingerprint density at radius 3 is 2.35 bits per heavy atom. The SMILES string of the molecule is CS(=O)(=O)Nc1ccc(Cl)cc1C(=O)c1ccccc1. The molecule has 2 aromatic rings. The first-order chi connectivity index (χ1) is 9.37. The molecule has 0 atom stereocenters. The van der Waals surface area contributed by atoms with E-state index in [1.807, 2.05) is 0 Å². The molecule has 0 aliphatic carbocycles. The van der Waals surface area contributed by atoms with Crippen molar-refractivity contribution in [2.45, 2.75) is 0 Å². The van der Waals surface area contributed by atoms with Gasteiger partial charge in [-0.25, -0.2) is 8.42 Å². The molecular weight excluding hydrogens is 298 g/mol. The van der Waals surface area contributed by atoms with E-state index >= 15 is 0 Å². The molecule has 0 heterocycles. The molecule has 2 aromatic carbocycles. The molecule has 0 bridgehead atoms. The number of carbonyl (C=O) groups is 1. The highest BCUT2D eigenvalue weighted by molar-refractivity contribution is 7.92. The molecule has 2 rings (SSSR count). The van der Waals surface area contributed by atoms with Gasteiger partial charge >= 0.3 is 0 Å². The fourth-order valence-electron chi connectivity index (χ4n) is 1.74. The van der Waals surface area contributed by atoms with E-state index in [9.17, 15) is 13.2 Å². The van der Waals surface area contributed by atoms with E-state index in [-0.39, 0.29) is 17.0 Å². The molecule has 4 nitrogen and oxygen atoms in total. The van der Waals surface area contributed by atoms with Gasteiger partial charge < -0.3 is 0 Å². The highest BCUT2D eigenvalue weighted by Crippen LogP contribution is 2.24. The number of hydrogen-bond donors (Lipinski definition) is 1. The van der Waals surface area contributed by atoms with Crippen molar-refractivity contribution < 1.29 is 13.2 Å². The maximum atomic E-state index is 12.4. The van der Waals surface area contributed by atoms with E-state index in [2.05, 4.69) is 4.72 Å². The molecule has 0 spiro atoms. The van der Waals surface area contributed by atoms with E-state index in [0.29, 0.717) is 10.6 Å². The molecule has 0 fully saturated rings. The van der Waals surface area contributed by atoms with Gasteiger partial charge in [0, 0.05) is 16.1 Å². The van der Waals surface area contributed by atoms with Crippen molar-refractivity contribution in [1.82, 2.24) is 0 Å². The first-order valence-corrected chi connectivity index (χ1v) is 8.01. The van der Waals surface area contributed by atoms with Crippen molar-refractivity contribution in [3.63, 3.8) is 0 Å². The van der Waals surface area contributed by atoms with Crippen LogP contribution in [0.15, 0.2) is 48.5 Å². The number of carbonyl (C=O) groups excluding carboxylic acids is 1. The minimum Gasteiger partial charge on any atom is -0.289 e. The summed E-state index contributed by atoms with van der Waals surface area (Å²) in [6, 6.07) is 13.0. The summed E-state index contributed by atoms with van der Waals surface area (Å²) in [6.07, 6.45) is 1.03. The Labute approximate surface area is 122 Å². The maximum absolute atomic E-state index is 12.4. The van der Waals surface area contributed by atoms with Gasteiger partial charge in [-0.1, -0.05) is 41.9 Å². The summed E-state index contributed by atoms with van der Waals surface area (Å²) in [5.74, 6) is -0.292. The first-order valence-electron chi connectivity index (χ1n) is 5.74. The lowest BCUT2D eigenvalue weighted by molar-refractivity contribution is 0.103. The molecular formula is C14H12ClNO3S. The third-order valence-corrected chi connectivity index (χ3v) is 3.38. The minimum absolute atomic E-state index is 0.214. The lowest BCUT2D eigenvalue weighted by atomic mass is 10.0. The zero-order valence-electron chi connectivity index (χ0n) is 10.6. The second-order valence-electron chi connectivity index (χ2n) is 4.26. The molecule has 0 aliphatic rings. The Morgan fingerprint density at radius 2 is 1.75 bits per heavy atom. The zero-order valence-corrected chi connectivity index (χ0v) is 12.2. The Morgan fingerprint density at radius 1 is 1.10 bits per heavy atom. The number of sulfonamides is 1. The summed E-state index contributed by atoms with van der Waals surface area (Å²) >= 11 is 5.89. The van der Waals surface area contributed by atoms with Gasteiger partial charge in [-0.2, -0.15) is 0 Å². The van der Waals surface area contributed by atoms with E-state index in [1.54, 1.807) is 30.3 Å². The normalized spacial score (nSPS) is 11.1. The number of hydrogen-bond acceptors (Lipinski definition) is 3. The van der Waals surface area contributed by atoms with Crippen LogP contribution in [0.2, 0.25) is 5.02 Å². The molecule has 0 aromatic heterocycles. The van der Waals surface area contributed by atoms with Crippen LogP contribution in [0.5, 0.6) is 0 Å². The van der Waals surface area contributed by atoms with Crippen molar-refractivity contribution in [2.24, 2.45) is 0 Å². The van der Waals surface area contributed by atoms with E-state index < -0.39 is 10.0 Å². The Bertz CT molecular complexity index is 742. The van der Waals surface area contributed by atoms with Gasteiger partial charge in [0.2, 0.25) is 10.0 Å². The van der Waals surface area contributed by atoms with Crippen LogP contribution in [0.3, 0.4) is 0 Å². The van der Waals surface area contributed by atoms with E-state index in [0.717, 1.165) is 6.26 Å². The maximum Gasteiger partial charge on any atom is 0.229 e. The molecule has 0 unspecified atom stereocenters. The number of nitrogens with one attached hydrogen (secondary N) is 1. The van der Waals surface area contributed by atoms with Crippen LogP contribution < -0.4 is 4.72 Å². The number of anilines is 1. The van der Waals surface area contributed by atoms with Gasteiger partial charge in [-0.15, -0.1) is 0 Å². The van der Waals surface area contributed by atoms with Crippen LogP contribution in [-0.4, -0.2) is 20.5 Å². The Kier molecular flexibility index (Phi) is 4.11. The number of halogens is 1. The van der Waals surface area contributed by atoms with Gasteiger partial charge in [0.15, 0.2) is 5.78 Å². The Balaban J connectivity index is 2.50. The third-order valence-electron chi connectivity index (χ3n) is 2.56. The van der Waals surface area contributed by atoms with Crippen LogP contribution >= 0.6 is 11.6 Å². The second-order valence-corrected chi connectivity index (χ2v) is 6.44. The van der Waals surface area contributed by atoms with E-state index in [4.69, 9.17) is 11.6 Å². The second kappa shape index (κ2) is 5.64. The fraction of sp³-hybridized carbons (Fsp3) is 0.0714. The molecule has 104 valence electrons. The monoisotopic (exact) mass is 309 g/mol. The summed E-state index contributed by atoms with van der Waals surface area (Å²) in [4.78, 5) is 12.4.